The van der Waals surface area contributed by atoms with Crippen molar-refractivity contribution in [3.63, 3.8) is 0 Å². The van der Waals surface area contributed by atoms with Gasteiger partial charge < -0.3 is 15.0 Å². The molecule has 0 aromatic heterocycles. The van der Waals surface area contributed by atoms with Gasteiger partial charge in [-0.1, -0.05) is 0 Å². The highest BCUT2D eigenvalue weighted by Crippen LogP contribution is 2.32. The molecule has 1 aliphatic carbocycles. The van der Waals surface area contributed by atoms with Crippen molar-refractivity contribution in [2.75, 3.05) is 34.4 Å². The van der Waals surface area contributed by atoms with Crippen molar-refractivity contribution in [2.45, 2.75) is 25.3 Å². The lowest BCUT2D eigenvalue weighted by Gasteiger charge is -2.17. The van der Waals surface area contributed by atoms with Crippen molar-refractivity contribution in [1.82, 2.24) is 10.2 Å². The number of ether oxygens (including phenoxy) is 1. The fourth-order valence-electron chi connectivity index (χ4n) is 1.63. The van der Waals surface area contributed by atoms with Gasteiger partial charge >= 0.3 is 0 Å². The van der Waals surface area contributed by atoms with E-state index in [9.17, 15) is 4.79 Å². The Kier molecular flexibility index (Phi) is 5.05. The summed E-state index contributed by atoms with van der Waals surface area (Å²) >= 11 is 0. The first-order valence-corrected chi connectivity index (χ1v) is 5.57. The smallest absolute Gasteiger partial charge is 0.223 e. The van der Waals surface area contributed by atoms with Crippen LogP contribution in [-0.2, 0) is 9.53 Å². The highest BCUT2D eigenvalue weighted by molar-refractivity contribution is 5.75. The Morgan fingerprint density at radius 3 is 2.67 bits per heavy atom. The molecule has 1 N–H and O–H groups in total. The lowest BCUT2D eigenvalue weighted by atomic mass is 10.2. The fourth-order valence-corrected chi connectivity index (χ4v) is 1.63. The van der Waals surface area contributed by atoms with Crippen LogP contribution in [0.15, 0.2) is 0 Å². The summed E-state index contributed by atoms with van der Waals surface area (Å²) in [5.41, 5.74) is 0. The molecule has 0 bridgehead atoms. The summed E-state index contributed by atoms with van der Waals surface area (Å²) in [6, 6.07) is 0.435. The first kappa shape index (κ1) is 12.5. The van der Waals surface area contributed by atoms with Gasteiger partial charge in [-0.2, -0.15) is 0 Å². The molecule has 0 saturated heterocycles. The van der Waals surface area contributed by atoms with Crippen LogP contribution in [0.5, 0.6) is 0 Å². The van der Waals surface area contributed by atoms with Crippen LogP contribution in [0.3, 0.4) is 0 Å². The minimum Gasteiger partial charge on any atom is -0.383 e. The molecule has 1 atom stereocenters. The zero-order valence-electron chi connectivity index (χ0n) is 9.95. The average molecular weight is 214 g/mol. The number of hydrogen-bond acceptors (Lipinski definition) is 3. The van der Waals surface area contributed by atoms with Gasteiger partial charge in [0.25, 0.3) is 0 Å². The normalized spacial score (nSPS) is 17.5. The summed E-state index contributed by atoms with van der Waals surface area (Å²) in [4.78, 5) is 13.0. The molecule has 4 nitrogen and oxygen atoms in total. The molecule has 0 spiro atoms. The predicted octanol–water partition coefficient (Wildman–Crippen LogP) is 0.479. The lowest BCUT2D eigenvalue weighted by Crippen LogP contribution is -2.37. The van der Waals surface area contributed by atoms with E-state index in [1.165, 1.54) is 12.8 Å². The van der Waals surface area contributed by atoms with E-state index in [1.807, 2.05) is 0 Å². The second kappa shape index (κ2) is 6.08. The fraction of sp³-hybridized carbons (Fsp3) is 0.909. The van der Waals surface area contributed by atoms with Crippen LogP contribution < -0.4 is 5.32 Å². The standard InChI is InChI=1S/C11H22N2O2/c1-13(2)11(14)6-7-12-10(8-15-3)9-4-5-9/h9-10,12H,4-8H2,1-3H3. The molecule has 1 fully saturated rings. The van der Waals surface area contributed by atoms with Gasteiger partial charge in [-0.15, -0.1) is 0 Å². The van der Waals surface area contributed by atoms with Gasteiger partial charge in [0.1, 0.15) is 0 Å². The summed E-state index contributed by atoms with van der Waals surface area (Å²) in [5.74, 6) is 0.939. The number of carbonyl (C=O) groups is 1. The Morgan fingerprint density at radius 1 is 1.53 bits per heavy atom. The summed E-state index contributed by atoms with van der Waals surface area (Å²) in [7, 11) is 5.30. The zero-order valence-corrected chi connectivity index (χ0v) is 9.95. The second-order valence-corrected chi connectivity index (χ2v) is 4.39. The van der Waals surface area contributed by atoms with Crippen LogP contribution in [0, 0.1) is 5.92 Å². The predicted molar refractivity (Wildman–Crippen MR) is 59.7 cm³/mol. The molecule has 0 aromatic carbocycles. The lowest BCUT2D eigenvalue weighted by molar-refractivity contribution is -0.128. The number of carbonyl (C=O) groups excluding carboxylic acids is 1. The van der Waals surface area contributed by atoms with E-state index in [4.69, 9.17) is 4.74 Å². The maximum Gasteiger partial charge on any atom is 0.223 e. The Labute approximate surface area is 92.0 Å². The Bertz CT molecular complexity index is 203. The third kappa shape index (κ3) is 4.62. The first-order chi connectivity index (χ1) is 7.15. The highest BCUT2D eigenvalue weighted by Gasteiger charge is 2.30. The maximum absolute atomic E-state index is 11.3. The van der Waals surface area contributed by atoms with E-state index >= 15 is 0 Å². The van der Waals surface area contributed by atoms with Crippen molar-refractivity contribution in [3.05, 3.63) is 0 Å². The Morgan fingerprint density at radius 2 is 2.20 bits per heavy atom. The average Bonchev–Trinajstić information content (AvgIpc) is 2.99. The van der Waals surface area contributed by atoms with Gasteiger partial charge in [0.05, 0.1) is 6.61 Å². The van der Waals surface area contributed by atoms with Crippen molar-refractivity contribution in [2.24, 2.45) is 5.92 Å². The zero-order chi connectivity index (χ0) is 11.3. The molecule has 1 unspecified atom stereocenters. The van der Waals surface area contributed by atoms with Crippen molar-refractivity contribution < 1.29 is 9.53 Å². The molecule has 0 radical (unpaired) electrons. The molecule has 0 heterocycles. The van der Waals surface area contributed by atoms with Gasteiger partial charge in [0.15, 0.2) is 0 Å². The summed E-state index contributed by atoms with van der Waals surface area (Å²) in [5, 5.41) is 3.40. The molecule has 88 valence electrons. The monoisotopic (exact) mass is 214 g/mol. The van der Waals surface area contributed by atoms with Gasteiger partial charge in [0.2, 0.25) is 5.91 Å². The molecule has 1 rings (SSSR count). The van der Waals surface area contributed by atoms with Crippen molar-refractivity contribution in [3.8, 4) is 0 Å². The third-order valence-electron chi connectivity index (χ3n) is 2.78. The number of nitrogens with one attached hydrogen (secondary N) is 1. The van der Waals surface area contributed by atoms with Gasteiger partial charge in [-0.05, 0) is 18.8 Å². The van der Waals surface area contributed by atoms with E-state index < -0.39 is 0 Å². The maximum atomic E-state index is 11.3. The molecule has 0 aromatic rings. The topological polar surface area (TPSA) is 41.6 Å². The van der Waals surface area contributed by atoms with E-state index in [0.29, 0.717) is 12.5 Å². The van der Waals surface area contributed by atoms with E-state index in [2.05, 4.69) is 5.32 Å². The summed E-state index contributed by atoms with van der Waals surface area (Å²) in [6.45, 7) is 1.50. The third-order valence-corrected chi connectivity index (χ3v) is 2.78. The molecular weight excluding hydrogens is 192 g/mol. The van der Waals surface area contributed by atoms with Crippen LogP contribution in [0.4, 0.5) is 0 Å². The number of amides is 1. The van der Waals surface area contributed by atoms with E-state index in [1.54, 1.807) is 26.1 Å². The van der Waals surface area contributed by atoms with Crippen LogP contribution >= 0.6 is 0 Å². The first-order valence-electron chi connectivity index (χ1n) is 5.57. The highest BCUT2D eigenvalue weighted by atomic mass is 16.5. The minimum absolute atomic E-state index is 0.175. The van der Waals surface area contributed by atoms with Crippen LogP contribution in [0.25, 0.3) is 0 Å². The molecule has 0 aliphatic heterocycles. The van der Waals surface area contributed by atoms with Gasteiger partial charge in [-0.3, -0.25) is 4.79 Å². The number of rotatable bonds is 7. The number of methoxy groups -OCH3 is 1. The molecule has 4 heteroatoms. The van der Waals surface area contributed by atoms with Crippen molar-refractivity contribution >= 4 is 5.91 Å². The molecule has 1 saturated carbocycles. The second-order valence-electron chi connectivity index (χ2n) is 4.39. The SMILES string of the molecule is COCC(NCCC(=O)N(C)C)C1CC1. The quantitative estimate of drug-likeness (QED) is 0.670. The molecule has 1 amide bonds. The van der Waals surface area contributed by atoms with Gasteiger partial charge in [0, 0.05) is 40.2 Å². The Balaban J connectivity index is 2.13. The number of nitrogens with zero attached hydrogens (tertiary/aromatic N) is 1. The minimum atomic E-state index is 0.175. The van der Waals surface area contributed by atoms with Crippen LogP contribution in [0.1, 0.15) is 19.3 Å². The summed E-state index contributed by atoms with van der Waals surface area (Å²) < 4.78 is 5.15. The van der Waals surface area contributed by atoms with E-state index in [0.717, 1.165) is 19.1 Å². The van der Waals surface area contributed by atoms with Crippen LogP contribution in [0.2, 0.25) is 0 Å². The molecular formula is C11H22N2O2. The molecule has 15 heavy (non-hydrogen) atoms. The van der Waals surface area contributed by atoms with E-state index in [-0.39, 0.29) is 5.91 Å². The molecule has 1 aliphatic rings. The van der Waals surface area contributed by atoms with Crippen molar-refractivity contribution in [1.29, 1.82) is 0 Å². The largest absolute Gasteiger partial charge is 0.383 e. The van der Waals surface area contributed by atoms with Gasteiger partial charge in [-0.25, -0.2) is 0 Å². The summed E-state index contributed by atoms with van der Waals surface area (Å²) in [6.07, 6.45) is 3.16. The van der Waals surface area contributed by atoms with Crippen LogP contribution in [-0.4, -0.2) is 51.2 Å². The number of hydrogen-bond donors (Lipinski definition) is 1. The Hall–Kier alpha value is -0.610.